The molecule has 0 saturated carbocycles. The normalized spacial score (nSPS) is 15.9. The number of anilines is 1. The number of amides is 1. The molecule has 33 heavy (non-hydrogen) atoms. The molecule has 1 amide bonds. The van der Waals surface area contributed by atoms with Gasteiger partial charge in [0.2, 0.25) is 0 Å². The quantitative estimate of drug-likeness (QED) is 0.429. The summed E-state index contributed by atoms with van der Waals surface area (Å²) in [4.78, 5) is 20.8. The van der Waals surface area contributed by atoms with Gasteiger partial charge in [-0.1, -0.05) is 39.8 Å². The topological polar surface area (TPSA) is 51.7 Å². The summed E-state index contributed by atoms with van der Waals surface area (Å²) in [7, 11) is 0. The Balaban J connectivity index is 1.55. The van der Waals surface area contributed by atoms with E-state index in [1.54, 1.807) is 16.2 Å². The Hall–Kier alpha value is -2.86. The fourth-order valence-corrected chi connectivity index (χ4v) is 4.90. The third-order valence-electron chi connectivity index (χ3n) is 5.91. The molecule has 0 aliphatic carbocycles. The van der Waals surface area contributed by atoms with Gasteiger partial charge in [0, 0.05) is 10.4 Å². The highest BCUT2D eigenvalue weighted by molar-refractivity contribution is 7.11. The Bertz CT molecular complexity index is 1150. The molecule has 1 unspecified atom stereocenters. The Labute approximate surface area is 200 Å². The summed E-state index contributed by atoms with van der Waals surface area (Å²) in [6.07, 6.45) is 0.147. The van der Waals surface area contributed by atoms with Crippen molar-refractivity contribution in [2.24, 2.45) is 0 Å². The zero-order chi connectivity index (χ0) is 23.8. The molecule has 174 valence electrons. The van der Waals surface area contributed by atoms with E-state index in [0.29, 0.717) is 19.6 Å². The molecule has 0 bridgehead atoms. The van der Waals surface area contributed by atoms with E-state index in [1.165, 1.54) is 5.56 Å². The van der Waals surface area contributed by atoms with Crippen molar-refractivity contribution in [2.45, 2.75) is 59.5 Å². The van der Waals surface area contributed by atoms with E-state index in [-0.39, 0.29) is 11.3 Å². The SMILES string of the molecule is CCC1Oc2ccc(-c3nc(C)sc3C)cc2N(CCOc2ccc(C(C)(C)C)cc2)C1=O. The summed E-state index contributed by atoms with van der Waals surface area (Å²) >= 11 is 1.68. The number of benzene rings is 2. The predicted molar refractivity (Wildman–Crippen MR) is 135 cm³/mol. The molecule has 0 radical (unpaired) electrons. The van der Waals surface area contributed by atoms with Gasteiger partial charge in [0.05, 0.1) is 22.9 Å². The highest BCUT2D eigenvalue weighted by Crippen LogP contribution is 2.39. The molecule has 0 spiro atoms. The van der Waals surface area contributed by atoms with Crippen LogP contribution in [0.5, 0.6) is 11.5 Å². The molecular weight excluding hydrogens is 432 g/mol. The monoisotopic (exact) mass is 464 g/mol. The van der Waals surface area contributed by atoms with Crippen LogP contribution >= 0.6 is 11.3 Å². The van der Waals surface area contributed by atoms with Crippen molar-refractivity contribution in [2.75, 3.05) is 18.1 Å². The van der Waals surface area contributed by atoms with Crippen molar-refractivity contribution in [3.8, 4) is 22.8 Å². The van der Waals surface area contributed by atoms with Gasteiger partial charge in [-0.25, -0.2) is 4.98 Å². The van der Waals surface area contributed by atoms with Gasteiger partial charge in [-0.05, 0) is 61.6 Å². The van der Waals surface area contributed by atoms with Crippen LogP contribution < -0.4 is 14.4 Å². The van der Waals surface area contributed by atoms with Gasteiger partial charge >= 0.3 is 0 Å². The highest BCUT2D eigenvalue weighted by Gasteiger charge is 2.33. The average molecular weight is 465 g/mol. The van der Waals surface area contributed by atoms with Gasteiger partial charge in [-0.3, -0.25) is 4.79 Å². The Morgan fingerprint density at radius 2 is 1.85 bits per heavy atom. The molecule has 3 aromatic rings. The number of hydrogen-bond donors (Lipinski definition) is 0. The summed E-state index contributed by atoms with van der Waals surface area (Å²) in [5.41, 5.74) is 4.09. The van der Waals surface area contributed by atoms with Gasteiger partial charge < -0.3 is 14.4 Å². The predicted octanol–water partition coefficient (Wildman–Crippen LogP) is 6.31. The second kappa shape index (κ2) is 9.18. The number of fused-ring (bicyclic) bond motifs is 1. The van der Waals surface area contributed by atoms with E-state index in [1.807, 2.05) is 44.2 Å². The highest BCUT2D eigenvalue weighted by atomic mass is 32.1. The van der Waals surface area contributed by atoms with Crippen LogP contribution in [0.15, 0.2) is 42.5 Å². The van der Waals surface area contributed by atoms with E-state index in [0.717, 1.165) is 38.3 Å². The lowest BCUT2D eigenvalue weighted by atomic mass is 9.87. The fraction of sp³-hybridized carbons (Fsp3) is 0.407. The fourth-order valence-electron chi connectivity index (χ4n) is 4.06. The molecule has 0 fully saturated rings. The minimum Gasteiger partial charge on any atom is -0.492 e. The summed E-state index contributed by atoms with van der Waals surface area (Å²) < 4.78 is 12.0. The summed E-state index contributed by atoms with van der Waals surface area (Å²) in [6.45, 7) is 13.5. The first-order chi connectivity index (χ1) is 15.7. The molecule has 2 aromatic carbocycles. The van der Waals surface area contributed by atoms with Gasteiger partial charge in [0.1, 0.15) is 18.1 Å². The number of aromatic nitrogens is 1. The first-order valence-electron chi connectivity index (χ1n) is 11.5. The zero-order valence-corrected chi connectivity index (χ0v) is 21.1. The van der Waals surface area contributed by atoms with Gasteiger partial charge in [0.15, 0.2) is 6.10 Å². The maximum Gasteiger partial charge on any atom is 0.268 e. The molecular formula is C27H32N2O3S. The second-order valence-electron chi connectivity index (χ2n) is 9.45. The van der Waals surface area contributed by atoms with Gasteiger partial charge in [-0.2, -0.15) is 0 Å². The molecule has 0 N–H and O–H groups in total. The molecule has 6 heteroatoms. The van der Waals surface area contributed by atoms with E-state index < -0.39 is 6.10 Å². The van der Waals surface area contributed by atoms with Crippen molar-refractivity contribution in [1.29, 1.82) is 0 Å². The largest absolute Gasteiger partial charge is 0.492 e. The molecule has 4 rings (SSSR count). The van der Waals surface area contributed by atoms with Crippen LogP contribution in [-0.2, 0) is 10.2 Å². The van der Waals surface area contributed by atoms with Crippen LogP contribution in [0.3, 0.4) is 0 Å². The average Bonchev–Trinajstić information content (AvgIpc) is 3.12. The lowest BCUT2D eigenvalue weighted by molar-refractivity contribution is -0.126. The minimum atomic E-state index is -0.474. The lowest BCUT2D eigenvalue weighted by Crippen LogP contribution is -2.47. The molecule has 1 aliphatic rings. The van der Waals surface area contributed by atoms with Crippen LogP contribution in [0.25, 0.3) is 11.3 Å². The number of carbonyl (C=O) groups is 1. The third kappa shape index (κ3) is 4.91. The van der Waals surface area contributed by atoms with E-state index in [4.69, 9.17) is 9.47 Å². The van der Waals surface area contributed by atoms with E-state index in [2.05, 4.69) is 44.8 Å². The molecule has 1 atom stereocenters. The number of rotatable bonds is 6. The number of ether oxygens (including phenoxy) is 2. The minimum absolute atomic E-state index is 0.0278. The zero-order valence-electron chi connectivity index (χ0n) is 20.3. The molecule has 5 nitrogen and oxygen atoms in total. The van der Waals surface area contributed by atoms with Crippen molar-refractivity contribution >= 4 is 22.9 Å². The smallest absolute Gasteiger partial charge is 0.268 e. The molecule has 1 aliphatic heterocycles. The van der Waals surface area contributed by atoms with Crippen LogP contribution in [-0.4, -0.2) is 30.1 Å². The maximum absolute atomic E-state index is 13.2. The van der Waals surface area contributed by atoms with Gasteiger partial charge in [-0.15, -0.1) is 11.3 Å². The summed E-state index contributed by atoms with van der Waals surface area (Å²) in [5, 5.41) is 1.03. The molecule has 0 saturated heterocycles. The van der Waals surface area contributed by atoms with Crippen molar-refractivity contribution in [3.63, 3.8) is 0 Å². The molecule has 1 aromatic heterocycles. The first kappa shape index (κ1) is 23.3. The maximum atomic E-state index is 13.2. The van der Waals surface area contributed by atoms with Crippen molar-refractivity contribution in [3.05, 3.63) is 57.9 Å². The van der Waals surface area contributed by atoms with E-state index in [9.17, 15) is 4.79 Å². The third-order valence-corrected chi connectivity index (χ3v) is 6.80. The van der Waals surface area contributed by atoms with Crippen LogP contribution in [0, 0.1) is 13.8 Å². The Morgan fingerprint density at radius 1 is 1.12 bits per heavy atom. The number of nitrogens with zero attached hydrogens (tertiary/aromatic N) is 2. The number of hydrogen-bond acceptors (Lipinski definition) is 5. The Kier molecular flexibility index (Phi) is 6.48. The lowest BCUT2D eigenvalue weighted by Gasteiger charge is -2.34. The van der Waals surface area contributed by atoms with Gasteiger partial charge in [0.25, 0.3) is 5.91 Å². The summed E-state index contributed by atoms with van der Waals surface area (Å²) in [5.74, 6) is 1.50. The summed E-state index contributed by atoms with van der Waals surface area (Å²) in [6, 6.07) is 14.2. The van der Waals surface area contributed by atoms with E-state index >= 15 is 0 Å². The van der Waals surface area contributed by atoms with Crippen molar-refractivity contribution < 1.29 is 14.3 Å². The standard InChI is InChI=1S/C27H32N2O3S/c1-7-23-26(30)29(14-15-31-21-11-9-20(10-12-21)27(4,5)6)22-16-19(8-13-24(22)32-23)25-17(2)33-18(3)28-25/h8-13,16,23H,7,14-15H2,1-6H3. The number of thiazole rings is 1. The Morgan fingerprint density at radius 3 is 2.45 bits per heavy atom. The number of carbonyl (C=O) groups excluding carboxylic acids is 1. The van der Waals surface area contributed by atoms with Crippen LogP contribution in [0.1, 0.15) is 49.6 Å². The van der Waals surface area contributed by atoms with Crippen molar-refractivity contribution in [1.82, 2.24) is 4.98 Å². The molecule has 2 heterocycles. The van der Waals surface area contributed by atoms with Crippen LogP contribution in [0.4, 0.5) is 5.69 Å². The second-order valence-corrected chi connectivity index (χ2v) is 10.9. The van der Waals surface area contributed by atoms with Crippen LogP contribution in [0.2, 0.25) is 0 Å². The number of aryl methyl sites for hydroxylation is 2. The first-order valence-corrected chi connectivity index (χ1v) is 12.3.